The number of rotatable bonds is 22. The van der Waals surface area contributed by atoms with E-state index in [4.69, 9.17) is 0 Å². The molecule has 1 heterocycles. The van der Waals surface area contributed by atoms with Gasteiger partial charge in [-0.05, 0) is 43.9 Å². The Morgan fingerprint density at radius 3 is 1.91 bits per heavy atom. The van der Waals surface area contributed by atoms with Gasteiger partial charge in [-0.15, -0.1) is 0 Å². The summed E-state index contributed by atoms with van der Waals surface area (Å²) >= 11 is 0. The first-order valence-electron chi connectivity index (χ1n) is 15.2. The number of allylic oxidation sites excluding steroid dienone is 1. The van der Waals surface area contributed by atoms with Crippen molar-refractivity contribution in [2.45, 2.75) is 136 Å². The summed E-state index contributed by atoms with van der Waals surface area (Å²) in [6.45, 7) is 10.7. The van der Waals surface area contributed by atoms with Gasteiger partial charge < -0.3 is 10.6 Å². The van der Waals surface area contributed by atoms with Gasteiger partial charge in [0.15, 0.2) is 0 Å². The van der Waals surface area contributed by atoms with Crippen molar-refractivity contribution in [2.24, 2.45) is 0 Å². The topological polar surface area (TPSA) is 24.1 Å². The Kier molecular flexibility index (Phi) is 16.4. The van der Waals surface area contributed by atoms with Crippen LogP contribution in [0.5, 0.6) is 0 Å². The highest BCUT2D eigenvalue weighted by molar-refractivity contribution is 5.79. The molecule has 2 nitrogen and oxygen atoms in total. The van der Waals surface area contributed by atoms with Gasteiger partial charge >= 0.3 is 0 Å². The largest absolute Gasteiger partial charge is 0.388 e. The van der Waals surface area contributed by atoms with Gasteiger partial charge in [0.1, 0.15) is 0 Å². The first-order chi connectivity index (χ1) is 17.2. The Balaban J connectivity index is 1.35. The third-order valence-corrected chi connectivity index (χ3v) is 7.51. The van der Waals surface area contributed by atoms with Gasteiger partial charge in [-0.25, -0.2) is 0 Å². The molecule has 0 aromatic heterocycles. The van der Waals surface area contributed by atoms with Crippen molar-refractivity contribution in [1.29, 1.82) is 0 Å². The van der Waals surface area contributed by atoms with Crippen molar-refractivity contribution >= 4 is 11.3 Å². The fourth-order valence-electron chi connectivity index (χ4n) is 5.23. The Labute approximate surface area is 218 Å². The van der Waals surface area contributed by atoms with E-state index in [0.29, 0.717) is 0 Å². The molecule has 0 aliphatic carbocycles. The van der Waals surface area contributed by atoms with Gasteiger partial charge in [-0.1, -0.05) is 134 Å². The number of hydrogen-bond donors (Lipinski definition) is 2. The molecule has 0 saturated heterocycles. The van der Waals surface area contributed by atoms with Gasteiger partial charge in [-0.3, -0.25) is 0 Å². The lowest BCUT2D eigenvalue weighted by molar-refractivity contribution is 0.526. The second kappa shape index (κ2) is 19.5. The lowest BCUT2D eigenvalue weighted by Crippen LogP contribution is -2.16. The quantitative estimate of drug-likeness (QED) is 0.161. The second-order valence-corrected chi connectivity index (χ2v) is 10.8. The van der Waals surface area contributed by atoms with Crippen LogP contribution in [0.4, 0.5) is 5.69 Å². The van der Waals surface area contributed by atoms with Crippen LogP contribution in [0.1, 0.15) is 140 Å². The molecule has 35 heavy (non-hydrogen) atoms. The maximum atomic E-state index is 4.26. The third kappa shape index (κ3) is 13.8. The van der Waals surface area contributed by atoms with Crippen molar-refractivity contribution in [3.05, 3.63) is 47.7 Å². The summed E-state index contributed by atoms with van der Waals surface area (Å²) in [6, 6.07) is 6.70. The van der Waals surface area contributed by atoms with Crippen LogP contribution in [0.2, 0.25) is 0 Å². The number of nitrogens with one attached hydrogen (secondary N) is 2. The highest BCUT2D eigenvalue weighted by Crippen LogP contribution is 2.30. The molecule has 0 fully saturated rings. The highest BCUT2D eigenvalue weighted by Gasteiger charge is 2.11. The molecule has 2 N–H and O–H groups in total. The van der Waals surface area contributed by atoms with E-state index >= 15 is 0 Å². The minimum atomic E-state index is 0.936. The lowest BCUT2D eigenvalue weighted by Gasteiger charge is -2.20. The van der Waals surface area contributed by atoms with Crippen molar-refractivity contribution < 1.29 is 0 Å². The van der Waals surface area contributed by atoms with E-state index in [-0.39, 0.29) is 0 Å². The predicted molar refractivity (Wildman–Crippen MR) is 158 cm³/mol. The standard InChI is InChI=1S/C33H56N2/c1-4-5-6-7-8-9-10-11-12-13-14-15-16-17-18-19-20-21-30(3)34-26-24-31-25-27-35-33-23-22-29(2)28-32(31)33/h22-23,25,28,34-35H,3-21,24,26-27H2,1-2H3. The van der Waals surface area contributed by atoms with E-state index in [1.807, 2.05) is 0 Å². The number of benzene rings is 1. The molecule has 0 amide bonds. The summed E-state index contributed by atoms with van der Waals surface area (Å²) < 4.78 is 0. The van der Waals surface area contributed by atoms with Crippen molar-refractivity contribution in [2.75, 3.05) is 18.4 Å². The zero-order valence-corrected chi connectivity index (χ0v) is 23.4. The summed E-state index contributed by atoms with van der Waals surface area (Å²) in [6.07, 6.45) is 28.8. The summed E-state index contributed by atoms with van der Waals surface area (Å²) in [5.41, 5.74) is 6.65. The zero-order chi connectivity index (χ0) is 25.0. The Hall–Kier alpha value is -1.70. The summed E-state index contributed by atoms with van der Waals surface area (Å²) in [5.74, 6) is 0. The van der Waals surface area contributed by atoms with Crippen LogP contribution in [0, 0.1) is 6.92 Å². The smallest absolute Gasteiger partial charge is 0.0419 e. The van der Waals surface area contributed by atoms with Crippen LogP contribution in [0.3, 0.4) is 0 Å². The van der Waals surface area contributed by atoms with Gasteiger partial charge in [0, 0.05) is 30.0 Å². The van der Waals surface area contributed by atoms with Crippen LogP contribution in [-0.2, 0) is 0 Å². The number of fused-ring (bicyclic) bond motifs is 1. The van der Waals surface area contributed by atoms with Crippen molar-refractivity contribution in [1.82, 2.24) is 5.32 Å². The molecule has 198 valence electrons. The van der Waals surface area contributed by atoms with E-state index in [1.165, 1.54) is 137 Å². The van der Waals surface area contributed by atoms with Gasteiger partial charge in [0.2, 0.25) is 0 Å². The summed E-state index contributed by atoms with van der Waals surface area (Å²) in [7, 11) is 0. The van der Waals surface area contributed by atoms with E-state index < -0.39 is 0 Å². The van der Waals surface area contributed by atoms with E-state index in [2.05, 4.69) is 55.3 Å². The molecule has 2 heteroatoms. The maximum Gasteiger partial charge on any atom is 0.0419 e. The molecular weight excluding hydrogens is 424 g/mol. The van der Waals surface area contributed by atoms with E-state index in [1.54, 1.807) is 0 Å². The lowest BCUT2D eigenvalue weighted by atomic mass is 9.96. The summed E-state index contributed by atoms with van der Waals surface area (Å²) in [4.78, 5) is 0. The fourth-order valence-corrected chi connectivity index (χ4v) is 5.23. The molecule has 1 aliphatic rings. The molecule has 0 saturated carbocycles. The zero-order valence-electron chi connectivity index (χ0n) is 23.4. The van der Waals surface area contributed by atoms with Gasteiger partial charge in [0.05, 0.1) is 0 Å². The Morgan fingerprint density at radius 2 is 1.34 bits per heavy atom. The third-order valence-electron chi connectivity index (χ3n) is 7.51. The molecular formula is C33H56N2. The first kappa shape index (κ1) is 29.5. The fraction of sp³-hybridized carbons (Fsp3) is 0.697. The summed E-state index contributed by atoms with van der Waals surface area (Å²) in [5, 5.41) is 7.05. The molecule has 1 aromatic rings. The molecule has 1 aliphatic heterocycles. The predicted octanol–water partition coefficient (Wildman–Crippen LogP) is 10.3. The second-order valence-electron chi connectivity index (χ2n) is 10.8. The Morgan fingerprint density at radius 1 is 0.800 bits per heavy atom. The van der Waals surface area contributed by atoms with Crippen LogP contribution in [0.25, 0.3) is 5.57 Å². The minimum absolute atomic E-state index is 0.936. The number of hydrogen-bond acceptors (Lipinski definition) is 2. The average Bonchev–Trinajstić information content (AvgIpc) is 2.86. The van der Waals surface area contributed by atoms with Crippen molar-refractivity contribution in [3.8, 4) is 0 Å². The monoisotopic (exact) mass is 480 g/mol. The SMILES string of the molecule is C=C(CCCCCCCCCCCCCCCCCCC)NCCC1=CCNc2ccc(C)cc21. The van der Waals surface area contributed by atoms with Crippen LogP contribution < -0.4 is 10.6 Å². The Bertz CT molecular complexity index is 718. The molecule has 0 bridgehead atoms. The molecule has 0 radical (unpaired) electrons. The first-order valence-corrected chi connectivity index (χ1v) is 15.2. The van der Waals surface area contributed by atoms with Crippen LogP contribution in [0.15, 0.2) is 36.6 Å². The number of unbranched alkanes of at least 4 members (excludes halogenated alkanes) is 16. The van der Waals surface area contributed by atoms with Crippen LogP contribution in [-0.4, -0.2) is 13.1 Å². The molecule has 2 rings (SSSR count). The van der Waals surface area contributed by atoms with E-state index in [0.717, 1.165) is 25.9 Å². The van der Waals surface area contributed by atoms with Crippen molar-refractivity contribution in [3.63, 3.8) is 0 Å². The van der Waals surface area contributed by atoms with Gasteiger partial charge in [-0.2, -0.15) is 0 Å². The van der Waals surface area contributed by atoms with Crippen LogP contribution >= 0.6 is 0 Å². The minimum Gasteiger partial charge on any atom is -0.388 e. The van der Waals surface area contributed by atoms with E-state index in [9.17, 15) is 0 Å². The number of aryl methyl sites for hydroxylation is 1. The number of anilines is 1. The highest BCUT2D eigenvalue weighted by atomic mass is 14.9. The molecule has 0 atom stereocenters. The normalized spacial score (nSPS) is 12.7. The molecule has 1 aromatic carbocycles. The average molecular weight is 481 g/mol. The molecule has 0 spiro atoms. The molecule has 0 unspecified atom stereocenters. The van der Waals surface area contributed by atoms with Gasteiger partial charge in [0.25, 0.3) is 0 Å². The maximum absolute atomic E-state index is 4.26.